The van der Waals surface area contributed by atoms with Crippen LogP contribution in [0.4, 0.5) is 22.7 Å². The molecule has 0 aromatic heterocycles. The minimum absolute atomic E-state index is 0.0678. The molecule has 1 heterocycles. The SMILES string of the molecule is CC(Nc1ccc2c(c1)NC(=O)CS2)C(=O)Nc1ccccc1[N+](=O)[O-]. The molecular weight excluding hydrogens is 356 g/mol. The lowest BCUT2D eigenvalue weighted by atomic mass is 10.2. The van der Waals surface area contributed by atoms with Gasteiger partial charge in [-0.05, 0) is 31.2 Å². The van der Waals surface area contributed by atoms with Gasteiger partial charge in [-0.3, -0.25) is 19.7 Å². The van der Waals surface area contributed by atoms with Crippen LogP contribution in [0.3, 0.4) is 0 Å². The molecule has 1 aliphatic rings. The van der Waals surface area contributed by atoms with Gasteiger partial charge in [0.05, 0.1) is 16.4 Å². The van der Waals surface area contributed by atoms with Gasteiger partial charge in [0.15, 0.2) is 0 Å². The number of carbonyl (C=O) groups excluding carboxylic acids is 2. The van der Waals surface area contributed by atoms with Crippen molar-refractivity contribution in [3.63, 3.8) is 0 Å². The van der Waals surface area contributed by atoms with Gasteiger partial charge in [0.1, 0.15) is 11.7 Å². The van der Waals surface area contributed by atoms with E-state index in [0.29, 0.717) is 17.1 Å². The van der Waals surface area contributed by atoms with Gasteiger partial charge >= 0.3 is 0 Å². The van der Waals surface area contributed by atoms with Crippen LogP contribution in [-0.2, 0) is 9.59 Å². The van der Waals surface area contributed by atoms with E-state index in [4.69, 9.17) is 0 Å². The number of fused-ring (bicyclic) bond motifs is 1. The highest BCUT2D eigenvalue weighted by molar-refractivity contribution is 8.00. The normalized spacial score (nSPS) is 14.0. The van der Waals surface area contributed by atoms with Crippen LogP contribution in [0.5, 0.6) is 0 Å². The molecule has 0 saturated heterocycles. The zero-order valence-electron chi connectivity index (χ0n) is 13.8. The molecule has 0 fully saturated rings. The fraction of sp³-hybridized carbons (Fsp3) is 0.176. The van der Waals surface area contributed by atoms with Gasteiger partial charge in [-0.15, -0.1) is 11.8 Å². The molecule has 0 aliphatic carbocycles. The first-order valence-corrected chi connectivity index (χ1v) is 8.80. The Hall–Kier alpha value is -3.07. The molecule has 1 unspecified atom stereocenters. The third-order valence-electron chi connectivity index (χ3n) is 3.75. The lowest BCUT2D eigenvalue weighted by Gasteiger charge is -2.19. The van der Waals surface area contributed by atoms with Gasteiger partial charge in [0.2, 0.25) is 11.8 Å². The lowest BCUT2D eigenvalue weighted by molar-refractivity contribution is -0.383. The van der Waals surface area contributed by atoms with Gasteiger partial charge < -0.3 is 16.0 Å². The number of anilines is 3. The lowest BCUT2D eigenvalue weighted by Crippen LogP contribution is -2.32. The van der Waals surface area contributed by atoms with Crippen molar-refractivity contribution >= 4 is 46.3 Å². The second-order valence-corrected chi connectivity index (χ2v) is 6.69. The van der Waals surface area contributed by atoms with E-state index in [0.717, 1.165) is 4.90 Å². The van der Waals surface area contributed by atoms with Crippen LogP contribution >= 0.6 is 11.8 Å². The molecule has 3 rings (SSSR count). The van der Waals surface area contributed by atoms with Crippen LogP contribution < -0.4 is 16.0 Å². The number of para-hydroxylation sites is 2. The van der Waals surface area contributed by atoms with Crippen molar-refractivity contribution < 1.29 is 14.5 Å². The molecule has 3 N–H and O–H groups in total. The fourth-order valence-electron chi connectivity index (χ4n) is 2.47. The number of rotatable bonds is 5. The molecule has 0 radical (unpaired) electrons. The van der Waals surface area contributed by atoms with E-state index in [1.807, 2.05) is 12.1 Å². The standard InChI is InChI=1S/C17H16N4O4S/c1-10(17(23)20-12-4-2-3-5-14(12)21(24)25)18-11-6-7-15-13(8-11)19-16(22)9-26-15/h2-8,10,18H,9H2,1H3,(H,19,22)(H,20,23). The third kappa shape index (κ3) is 3.94. The second kappa shape index (κ2) is 7.44. The average molecular weight is 372 g/mol. The summed E-state index contributed by atoms with van der Waals surface area (Å²) < 4.78 is 0. The van der Waals surface area contributed by atoms with Crippen LogP contribution in [0, 0.1) is 10.1 Å². The summed E-state index contributed by atoms with van der Waals surface area (Å²) in [5.74, 6) is -0.0914. The monoisotopic (exact) mass is 372 g/mol. The Bertz CT molecular complexity index is 887. The maximum atomic E-state index is 12.4. The summed E-state index contributed by atoms with van der Waals surface area (Å²) in [6, 6.07) is 10.8. The minimum atomic E-state index is -0.639. The number of nitrogens with zero attached hydrogens (tertiary/aromatic N) is 1. The summed E-state index contributed by atoms with van der Waals surface area (Å²) in [5, 5.41) is 19.4. The van der Waals surface area contributed by atoms with Crippen molar-refractivity contribution in [2.75, 3.05) is 21.7 Å². The molecule has 0 saturated carbocycles. The van der Waals surface area contributed by atoms with Crippen molar-refractivity contribution in [1.29, 1.82) is 0 Å². The Morgan fingerprint density at radius 3 is 2.85 bits per heavy atom. The van der Waals surface area contributed by atoms with Crippen LogP contribution in [0.1, 0.15) is 6.92 Å². The molecule has 2 aromatic carbocycles. The first-order chi connectivity index (χ1) is 12.4. The predicted molar refractivity (Wildman–Crippen MR) is 101 cm³/mol. The minimum Gasteiger partial charge on any atom is -0.374 e. The molecule has 1 aliphatic heterocycles. The number of carbonyl (C=O) groups is 2. The number of benzene rings is 2. The van der Waals surface area contributed by atoms with Crippen molar-refractivity contribution in [2.24, 2.45) is 0 Å². The van der Waals surface area contributed by atoms with Crippen molar-refractivity contribution in [2.45, 2.75) is 17.9 Å². The van der Waals surface area contributed by atoms with Crippen molar-refractivity contribution in [3.05, 3.63) is 52.6 Å². The molecule has 26 heavy (non-hydrogen) atoms. The van der Waals surface area contributed by atoms with Crippen LogP contribution in [-0.4, -0.2) is 28.5 Å². The van der Waals surface area contributed by atoms with Gasteiger partial charge in [0.25, 0.3) is 5.69 Å². The van der Waals surface area contributed by atoms with E-state index in [9.17, 15) is 19.7 Å². The van der Waals surface area contributed by atoms with Crippen molar-refractivity contribution in [1.82, 2.24) is 0 Å². The largest absolute Gasteiger partial charge is 0.374 e. The predicted octanol–water partition coefficient (Wildman–Crippen LogP) is 3.08. The maximum absolute atomic E-state index is 12.4. The molecule has 9 heteroatoms. The van der Waals surface area contributed by atoms with E-state index in [2.05, 4.69) is 16.0 Å². The average Bonchev–Trinajstić information content (AvgIpc) is 2.61. The summed E-state index contributed by atoms with van der Waals surface area (Å²) in [6.07, 6.45) is 0. The fourth-order valence-corrected chi connectivity index (χ4v) is 3.26. The number of nitro groups is 1. The van der Waals surface area contributed by atoms with Crippen LogP contribution in [0.15, 0.2) is 47.4 Å². The molecule has 2 amide bonds. The number of amides is 2. The molecular formula is C17H16N4O4S. The summed E-state index contributed by atoms with van der Waals surface area (Å²) in [5.41, 5.74) is 1.34. The highest BCUT2D eigenvalue weighted by Gasteiger charge is 2.20. The van der Waals surface area contributed by atoms with Gasteiger partial charge in [-0.1, -0.05) is 12.1 Å². The first kappa shape index (κ1) is 17.7. The molecule has 0 spiro atoms. The van der Waals surface area contributed by atoms with E-state index in [1.54, 1.807) is 19.1 Å². The van der Waals surface area contributed by atoms with Gasteiger partial charge in [-0.2, -0.15) is 0 Å². The smallest absolute Gasteiger partial charge is 0.292 e. The summed E-state index contributed by atoms with van der Waals surface area (Å²) in [4.78, 5) is 35.3. The topological polar surface area (TPSA) is 113 Å². The summed E-state index contributed by atoms with van der Waals surface area (Å²) in [7, 11) is 0. The molecule has 134 valence electrons. The Balaban J connectivity index is 1.69. The van der Waals surface area contributed by atoms with Crippen molar-refractivity contribution in [3.8, 4) is 0 Å². The molecule has 1 atom stereocenters. The molecule has 0 bridgehead atoms. The van der Waals surface area contributed by atoms with E-state index in [-0.39, 0.29) is 17.3 Å². The van der Waals surface area contributed by atoms with Crippen LogP contribution in [0.2, 0.25) is 0 Å². The van der Waals surface area contributed by atoms with Gasteiger partial charge in [-0.25, -0.2) is 0 Å². The first-order valence-electron chi connectivity index (χ1n) is 7.81. The Morgan fingerprint density at radius 2 is 2.08 bits per heavy atom. The Kier molecular flexibility index (Phi) is 5.08. The zero-order chi connectivity index (χ0) is 18.7. The maximum Gasteiger partial charge on any atom is 0.292 e. The summed E-state index contributed by atoms with van der Waals surface area (Å²) in [6.45, 7) is 1.65. The zero-order valence-corrected chi connectivity index (χ0v) is 14.6. The second-order valence-electron chi connectivity index (χ2n) is 5.68. The summed E-state index contributed by atoms with van der Waals surface area (Å²) >= 11 is 1.45. The highest BCUT2D eigenvalue weighted by atomic mass is 32.2. The quantitative estimate of drug-likeness (QED) is 0.549. The van der Waals surface area contributed by atoms with E-state index in [1.165, 1.54) is 30.0 Å². The number of nitrogens with one attached hydrogen (secondary N) is 3. The Labute approximate surface area is 153 Å². The van der Waals surface area contributed by atoms with Gasteiger partial charge in [0, 0.05) is 16.6 Å². The number of thioether (sulfide) groups is 1. The Morgan fingerprint density at radius 1 is 1.31 bits per heavy atom. The number of hydrogen-bond acceptors (Lipinski definition) is 6. The van der Waals surface area contributed by atoms with Crippen LogP contribution in [0.25, 0.3) is 0 Å². The third-order valence-corrected chi connectivity index (χ3v) is 4.82. The molecule has 8 nitrogen and oxygen atoms in total. The number of nitro benzene ring substituents is 1. The van der Waals surface area contributed by atoms with E-state index < -0.39 is 16.9 Å². The number of hydrogen-bond donors (Lipinski definition) is 3. The molecule has 2 aromatic rings. The highest BCUT2D eigenvalue weighted by Crippen LogP contribution is 2.33. The van der Waals surface area contributed by atoms with E-state index >= 15 is 0 Å².